The summed E-state index contributed by atoms with van der Waals surface area (Å²) in [7, 11) is 3.47. The van der Waals surface area contributed by atoms with Crippen molar-refractivity contribution in [1.82, 2.24) is 4.90 Å². The summed E-state index contributed by atoms with van der Waals surface area (Å²) < 4.78 is 10.3. The summed E-state index contributed by atoms with van der Waals surface area (Å²) in [5.41, 5.74) is 2.40. The molecular formula is C16H25NO2. The second kappa shape index (κ2) is 9.73. The Morgan fingerprint density at radius 2 is 1.58 bits per heavy atom. The summed E-state index contributed by atoms with van der Waals surface area (Å²) in [5, 5.41) is 0. The average molecular weight is 263 g/mol. The highest BCUT2D eigenvalue weighted by molar-refractivity contribution is 5.63. The monoisotopic (exact) mass is 263 g/mol. The van der Waals surface area contributed by atoms with Gasteiger partial charge >= 0.3 is 0 Å². The zero-order valence-corrected chi connectivity index (χ0v) is 12.1. The highest BCUT2D eigenvalue weighted by Crippen LogP contribution is 2.15. The van der Waals surface area contributed by atoms with Gasteiger partial charge in [-0.1, -0.05) is 36.9 Å². The standard InChI is InChI=1S/C16H25NO2/c1-15(16-7-5-4-6-8-16)9-10-17(11-13-18-2)12-14-19-3/h4-8H,1,9-14H2,2-3H3. The summed E-state index contributed by atoms with van der Waals surface area (Å²) >= 11 is 0. The first kappa shape index (κ1) is 15.9. The van der Waals surface area contributed by atoms with E-state index in [1.165, 1.54) is 11.1 Å². The van der Waals surface area contributed by atoms with Gasteiger partial charge in [0, 0.05) is 33.9 Å². The van der Waals surface area contributed by atoms with E-state index in [2.05, 4.69) is 23.6 Å². The van der Waals surface area contributed by atoms with E-state index in [4.69, 9.17) is 9.47 Å². The van der Waals surface area contributed by atoms with Gasteiger partial charge < -0.3 is 9.47 Å². The first-order valence-electron chi connectivity index (χ1n) is 6.71. The van der Waals surface area contributed by atoms with Crippen LogP contribution in [0.3, 0.4) is 0 Å². The third-order valence-electron chi connectivity index (χ3n) is 3.14. The molecule has 0 aliphatic heterocycles. The van der Waals surface area contributed by atoms with E-state index in [0.29, 0.717) is 0 Å². The van der Waals surface area contributed by atoms with Crippen molar-refractivity contribution in [2.45, 2.75) is 6.42 Å². The molecule has 1 rings (SSSR count). The lowest BCUT2D eigenvalue weighted by Crippen LogP contribution is -2.31. The molecule has 0 amide bonds. The number of methoxy groups -OCH3 is 2. The van der Waals surface area contributed by atoms with Crippen molar-refractivity contribution in [1.29, 1.82) is 0 Å². The van der Waals surface area contributed by atoms with Crippen molar-refractivity contribution in [3.05, 3.63) is 42.5 Å². The van der Waals surface area contributed by atoms with Crippen LogP contribution in [0.2, 0.25) is 0 Å². The minimum absolute atomic E-state index is 0.752. The number of nitrogens with zero attached hydrogens (tertiary/aromatic N) is 1. The molecule has 0 saturated heterocycles. The molecule has 1 aromatic rings. The zero-order chi connectivity index (χ0) is 13.9. The van der Waals surface area contributed by atoms with Crippen molar-refractivity contribution in [2.75, 3.05) is 47.1 Å². The Labute approximate surface area is 116 Å². The van der Waals surface area contributed by atoms with Crippen LogP contribution in [0.25, 0.3) is 5.57 Å². The fourth-order valence-corrected chi connectivity index (χ4v) is 1.89. The van der Waals surface area contributed by atoms with Gasteiger partial charge in [0.2, 0.25) is 0 Å². The Morgan fingerprint density at radius 1 is 1.00 bits per heavy atom. The molecule has 106 valence electrons. The molecule has 0 fully saturated rings. The van der Waals surface area contributed by atoms with E-state index in [9.17, 15) is 0 Å². The smallest absolute Gasteiger partial charge is 0.0589 e. The van der Waals surface area contributed by atoms with Crippen LogP contribution in [-0.4, -0.2) is 52.0 Å². The molecule has 0 bridgehead atoms. The fraction of sp³-hybridized carbons (Fsp3) is 0.500. The molecule has 19 heavy (non-hydrogen) atoms. The van der Waals surface area contributed by atoms with Crippen LogP contribution in [0.15, 0.2) is 36.9 Å². The second-order valence-electron chi connectivity index (χ2n) is 4.55. The predicted octanol–water partition coefficient (Wildman–Crippen LogP) is 2.68. The summed E-state index contributed by atoms with van der Waals surface area (Å²) in [6.45, 7) is 8.52. The van der Waals surface area contributed by atoms with Gasteiger partial charge in [0.1, 0.15) is 0 Å². The Morgan fingerprint density at radius 3 is 2.11 bits per heavy atom. The van der Waals surface area contributed by atoms with Crippen LogP contribution >= 0.6 is 0 Å². The summed E-state index contributed by atoms with van der Waals surface area (Å²) in [5.74, 6) is 0. The number of hydrogen-bond donors (Lipinski definition) is 0. The van der Waals surface area contributed by atoms with Gasteiger partial charge in [-0.2, -0.15) is 0 Å². The largest absolute Gasteiger partial charge is 0.383 e. The van der Waals surface area contributed by atoms with Gasteiger partial charge in [0.05, 0.1) is 13.2 Å². The molecular weight excluding hydrogens is 238 g/mol. The summed E-state index contributed by atoms with van der Waals surface area (Å²) in [6, 6.07) is 10.3. The Kier molecular flexibility index (Phi) is 8.14. The maximum Gasteiger partial charge on any atom is 0.0589 e. The zero-order valence-electron chi connectivity index (χ0n) is 12.1. The number of rotatable bonds is 10. The molecule has 0 unspecified atom stereocenters. The molecule has 0 atom stereocenters. The van der Waals surface area contributed by atoms with Gasteiger partial charge in [-0.25, -0.2) is 0 Å². The highest BCUT2D eigenvalue weighted by Gasteiger charge is 2.06. The molecule has 1 aromatic carbocycles. The highest BCUT2D eigenvalue weighted by atomic mass is 16.5. The minimum atomic E-state index is 0.752. The molecule has 0 aliphatic rings. The number of benzene rings is 1. The molecule has 3 nitrogen and oxygen atoms in total. The first-order chi connectivity index (χ1) is 9.27. The molecule has 0 saturated carbocycles. The Bertz CT molecular complexity index is 343. The van der Waals surface area contributed by atoms with Crippen LogP contribution in [0.4, 0.5) is 0 Å². The fourth-order valence-electron chi connectivity index (χ4n) is 1.89. The van der Waals surface area contributed by atoms with E-state index in [1.54, 1.807) is 14.2 Å². The average Bonchev–Trinajstić information content (AvgIpc) is 2.47. The van der Waals surface area contributed by atoms with Crippen LogP contribution in [0.5, 0.6) is 0 Å². The van der Waals surface area contributed by atoms with Gasteiger partial charge in [-0.05, 0) is 17.6 Å². The topological polar surface area (TPSA) is 21.7 Å². The summed E-state index contributed by atoms with van der Waals surface area (Å²) in [4.78, 5) is 2.35. The van der Waals surface area contributed by atoms with Gasteiger partial charge in [0.25, 0.3) is 0 Å². The quantitative estimate of drug-likeness (QED) is 0.648. The van der Waals surface area contributed by atoms with E-state index < -0.39 is 0 Å². The normalized spacial score (nSPS) is 10.9. The maximum atomic E-state index is 5.14. The van der Waals surface area contributed by atoms with E-state index in [0.717, 1.165) is 39.3 Å². The van der Waals surface area contributed by atoms with Gasteiger partial charge in [-0.15, -0.1) is 0 Å². The van der Waals surface area contributed by atoms with Crippen LogP contribution in [-0.2, 0) is 9.47 Å². The van der Waals surface area contributed by atoms with E-state index >= 15 is 0 Å². The third kappa shape index (κ3) is 6.53. The molecule has 0 heterocycles. The first-order valence-corrected chi connectivity index (χ1v) is 6.71. The second-order valence-corrected chi connectivity index (χ2v) is 4.55. The lowest BCUT2D eigenvalue weighted by molar-refractivity contribution is 0.115. The van der Waals surface area contributed by atoms with E-state index in [1.807, 2.05) is 18.2 Å². The van der Waals surface area contributed by atoms with Gasteiger partial charge in [-0.3, -0.25) is 4.90 Å². The van der Waals surface area contributed by atoms with Crippen LogP contribution < -0.4 is 0 Å². The van der Waals surface area contributed by atoms with Crippen LogP contribution in [0.1, 0.15) is 12.0 Å². The minimum Gasteiger partial charge on any atom is -0.383 e. The van der Waals surface area contributed by atoms with Crippen molar-refractivity contribution in [3.8, 4) is 0 Å². The van der Waals surface area contributed by atoms with Crippen molar-refractivity contribution in [3.63, 3.8) is 0 Å². The third-order valence-corrected chi connectivity index (χ3v) is 3.14. The molecule has 0 radical (unpaired) electrons. The molecule has 0 aromatic heterocycles. The maximum absolute atomic E-state index is 5.14. The SMILES string of the molecule is C=C(CCN(CCOC)CCOC)c1ccccc1. The van der Waals surface area contributed by atoms with Crippen molar-refractivity contribution >= 4 is 5.57 Å². The predicted molar refractivity (Wildman–Crippen MR) is 80.3 cm³/mol. The molecule has 0 N–H and O–H groups in total. The van der Waals surface area contributed by atoms with E-state index in [-0.39, 0.29) is 0 Å². The molecule has 3 heteroatoms. The number of ether oxygens (including phenoxy) is 2. The number of hydrogen-bond acceptors (Lipinski definition) is 3. The Balaban J connectivity index is 2.39. The molecule has 0 spiro atoms. The lowest BCUT2D eigenvalue weighted by Gasteiger charge is -2.22. The molecule has 0 aliphatic carbocycles. The summed E-state index contributed by atoms with van der Waals surface area (Å²) in [6.07, 6.45) is 0.970. The van der Waals surface area contributed by atoms with Crippen molar-refractivity contribution < 1.29 is 9.47 Å². The van der Waals surface area contributed by atoms with Crippen molar-refractivity contribution in [2.24, 2.45) is 0 Å². The van der Waals surface area contributed by atoms with Crippen LogP contribution in [0, 0.1) is 0 Å². The van der Waals surface area contributed by atoms with Gasteiger partial charge in [0.15, 0.2) is 0 Å². The lowest BCUT2D eigenvalue weighted by atomic mass is 10.0. The Hall–Kier alpha value is -1.16.